The Morgan fingerprint density at radius 2 is 2.00 bits per heavy atom. The minimum absolute atomic E-state index is 0.308. The zero-order valence-corrected chi connectivity index (χ0v) is 12.5. The lowest BCUT2D eigenvalue weighted by molar-refractivity contribution is 0.268. The Labute approximate surface area is 116 Å². The fourth-order valence-electron chi connectivity index (χ4n) is 2.94. The number of likely N-dealkylation sites (tertiary alicyclic amines) is 1. The normalized spacial score (nSPS) is 30.8. The summed E-state index contributed by atoms with van der Waals surface area (Å²) in [5, 5.41) is 0. The van der Waals surface area contributed by atoms with E-state index in [4.69, 9.17) is 5.73 Å². The van der Waals surface area contributed by atoms with Crippen molar-refractivity contribution in [3.05, 3.63) is 0 Å². The van der Waals surface area contributed by atoms with E-state index in [-0.39, 0.29) is 0 Å². The molecule has 2 fully saturated rings. The van der Waals surface area contributed by atoms with Gasteiger partial charge in [0.2, 0.25) is 0 Å². The number of hydrogen-bond acceptors (Lipinski definition) is 4. The van der Waals surface area contributed by atoms with Gasteiger partial charge in [-0.25, -0.2) is 4.72 Å². The predicted octanol–water partition coefficient (Wildman–Crippen LogP) is -0.557. The number of nitrogens with one attached hydrogen (secondary N) is 1. The maximum absolute atomic E-state index is 12.2. The third kappa shape index (κ3) is 4.13. The van der Waals surface area contributed by atoms with Crippen molar-refractivity contribution in [2.24, 2.45) is 17.6 Å². The summed E-state index contributed by atoms with van der Waals surface area (Å²) in [5.41, 5.74) is 5.65. The first-order valence-electron chi connectivity index (χ1n) is 7.14. The van der Waals surface area contributed by atoms with E-state index in [1.54, 1.807) is 4.31 Å². The third-order valence-electron chi connectivity index (χ3n) is 4.20. The molecule has 2 aliphatic rings. The smallest absolute Gasteiger partial charge is 0.279 e. The first-order chi connectivity index (χ1) is 9.01. The quantitative estimate of drug-likeness (QED) is 0.712. The highest BCUT2D eigenvalue weighted by atomic mass is 32.2. The van der Waals surface area contributed by atoms with Crippen molar-refractivity contribution in [2.75, 3.05) is 46.3 Å². The molecule has 0 aromatic carbocycles. The Bertz CT molecular complexity index is 387. The molecule has 0 aliphatic carbocycles. The monoisotopic (exact) mass is 290 g/mol. The SMILES string of the molecule is CN1CCC(CNS(=O)(=O)N2CCCC(CN)C2)C1. The minimum atomic E-state index is -3.32. The zero-order valence-electron chi connectivity index (χ0n) is 11.7. The molecule has 2 rings (SSSR count). The molecule has 0 aromatic heterocycles. The van der Waals surface area contributed by atoms with Crippen LogP contribution in [0.25, 0.3) is 0 Å². The Balaban J connectivity index is 1.83. The number of rotatable bonds is 5. The van der Waals surface area contributed by atoms with Gasteiger partial charge in [-0.2, -0.15) is 12.7 Å². The molecule has 2 unspecified atom stereocenters. The first kappa shape index (κ1) is 15.2. The van der Waals surface area contributed by atoms with Gasteiger partial charge in [-0.3, -0.25) is 0 Å². The van der Waals surface area contributed by atoms with Gasteiger partial charge in [0.15, 0.2) is 0 Å². The molecular formula is C12H26N4O2S. The van der Waals surface area contributed by atoms with Gasteiger partial charge in [0.05, 0.1) is 0 Å². The van der Waals surface area contributed by atoms with Crippen LogP contribution in [0.15, 0.2) is 0 Å². The molecular weight excluding hydrogens is 264 g/mol. The lowest BCUT2D eigenvalue weighted by Crippen LogP contribution is -2.48. The van der Waals surface area contributed by atoms with Gasteiger partial charge >= 0.3 is 0 Å². The molecule has 2 atom stereocenters. The van der Waals surface area contributed by atoms with E-state index in [9.17, 15) is 8.42 Å². The van der Waals surface area contributed by atoms with E-state index >= 15 is 0 Å². The van der Waals surface area contributed by atoms with Crippen LogP contribution in [0.5, 0.6) is 0 Å². The predicted molar refractivity (Wildman–Crippen MR) is 75.9 cm³/mol. The van der Waals surface area contributed by atoms with E-state index in [0.717, 1.165) is 32.4 Å². The Kier molecular flexibility index (Phi) is 5.19. The molecule has 19 heavy (non-hydrogen) atoms. The van der Waals surface area contributed by atoms with Crippen LogP contribution in [0.2, 0.25) is 0 Å². The van der Waals surface area contributed by atoms with Gasteiger partial charge < -0.3 is 10.6 Å². The van der Waals surface area contributed by atoms with Crippen LogP contribution in [0.3, 0.4) is 0 Å². The number of nitrogens with zero attached hydrogens (tertiary/aromatic N) is 2. The molecule has 0 aromatic rings. The van der Waals surface area contributed by atoms with E-state index in [2.05, 4.69) is 16.7 Å². The fourth-order valence-corrected chi connectivity index (χ4v) is 4.35. The van der Waals surface area contributed by atoms with Crippen LogP contribution in [0.1, 0.15) is 19.3 Å². The van der Waals surface area contributed by atoms with Crippen molar-refractivity contribution < 1.29 is 8.42 Å². The highest BCUT2D eigenvalue weighted by molar-refractivity contribution is 7.87. The summed E-state index contributed by atoms with van der Waals surface area (Å²) in [6, 6.07) is 0. The second-order valence-electron chi connectivity index (χ2n) is 5.87. The summed E-state index contributed by atoms with van der Waals surface area (Å²) < 4.78 is 28.8. The lowest BCUT2D eigenvalue weighted by Gasteiger charge is -2.31. The van der Waals surface area contributed by atoms with Crippen LogP contribution in [-0.4, -0.2) is 63.9 Å². The second kappa shape index (κ2) is 6.49. The van der Waals surface area contributed by atoms with Gasteiger partial charge in [0.1, 0.15) is 0 Å². The maximum Gasteiger partial charge on any atom is 0.279 e. The molecule has 0 amide bonds. The van der Waals surface area contributed by atoms with Gasteiger partial charge in [-0.1, -0.05) is 0 Å². The van der Waals surface area contributed by atoms with Crippen molar-refractivity contribution in [2.45, 2.75) is 19.3 Å². The summed E-state index contributed by atoms with van der Waals surface area (Å²) in [6.45, 7) is 4.35. The van der Waals surface area contributed by atoms with Gasteiger partial charge in [-0.05, 0) is 51.2 Å². The van der Waals surface area contributed by atoms with Crippen LogP contribution in [-0.2, 0) is 10.2 Å². The standard InChI is InChI=1S/C12H26N4O2S/c1-15-6-4-12(9-15)8-14-19(17,18)16-5-2-3-11(7-13)10-16/h11-12,14H,2-10,13H2,1H3. The molecule has 2 saturated heterocycles. The summed E-state index contributed by atoms with van der Waals surface area (Å²) >= 11 is 0. The summed E-state index contributed by atoms with van der Waals surface area (Å²) in [7, 11) is -1.25. The van der Waals surface area contributed by atoms with E-state index in [1.807, 2.05) is 0 Å². The number of hydrogen-bond donors (Lipinski definition) is 2. The van der Waals surface area contributed by atoms with Gasteiger partial charge in [-0.15, -0.1) is 0 Å². The van der Waals surface area contributed by atoms with Crippen LogP contribution < -0.4 is 10.5 Å². The molecule has 0 bridgehead atoms. The Morgan fingerprint density at radius 3 is 2.63 bits per heavy atom. The highest BCUT2D eigenvalue weighted by Gasteiger charge is 2.29. The van der Waals surface area contributed by atoms with Gasteiger partial charge in [0.25, 0.3) is 10.2 Å². The third-order valence-corrected chi connectivity index (χ3v) is 5.74. The Morgan fingerprint density at radius 1 is 1.21 bits per heavy atom. The molecule has 6 nitrogen and oxygen atoms in total. The van der Waals surface area contributed by atoms with Crippen molar-refractivity contribution in [3.8, 4) is 0 Å². The molecule has 7 heteroatoms. The molecule has 0 radical (unpaired) electrons. The fraction of sp³-hybridized carbons (Fsp3) is 1.00. The molecule has 2 aliphatic heterocycles. The van der Waals surface area contributed by atoms with E-state index < -0.39 is 10.2 Å². The zero-order chi connectivity index (χ0) is 13.9. The molecule has 0 saturated carbocycles. The second-order valence-corrected chi connectivity index (χ2v) is 7.63. The largest absolute Gasteiger partial charge is 0.330 e. The summed E-state index contributed by atoms with van der Waals surface area (Å²) in [4.78, 5) is 2.24. The topological polar surface area (TPSA) is 78.7 Å². The summed E-state index contributed by atoms with van der Waals surface area (Å²) in [6.07, 6.45) is 3.02. The number of nitrogens with two attached hydrogens (primary N) is 1. The molecule has 2 heterocycles. The lowest BCUT2D eigenvalue weighted by atomic mass is 10.0. The van der Waals surface area contributed by atoms with Crippen molar-refractivity contribution in [1.29, 1.82) is 0 Å². The molecule has 0 spiro atoms. The maximum atomic E-state index is 12.2. The molecule has 112 valence electrons. The first-order valence-corrected chi connectivity index (χ1v) is 8.58. The van der Waals surface area contributed by atoms with Crippen molar-refractivity contribution >= 4 is 10.2 Å². The van der Waals surface area contributed by atoms with Gasteiger partial charge in [0, 0.05) is 26.2 Å². The average Bonchev–Trinajstić information content (AvgIpc) is 2.82. The molecule has 3 N–H and O–H groups in total. The Hall–Kier alpha value is -0.210. The highest BCUT2D eigenvalue weighted by Crippen LogP contribution is 2.18. The van der Waals surface area contributed by atoms with E-state index in [1.165, 1.54) is 0 Å². The average molecular weight is 290 g/mol. The minimum Gasteiger partial charge on any atom is -0.330 e. The summed E-state index contributed by atoms with van der Waals surface area (Å²) in [5.74, 6) is 0.748. The van der Waals surface area contributed by atoms with E-state index in [0.29, 0.717) is 38.0 Å². The van der Waals surface area contributed by atoms with Crippen LogP contribution >= 0.6 is 0 Å². The van der Waals surface area contributed by atoms with Crippen molar-refractivity contribution in [3.63, 3.8) is 0 Å². The van der Waals surface area contributed by atoms with Crippen LogP contribution in [0, 0.1) is 11.8 Å². The number of piperidine rings is 1. The van der Waals surface area contributed by atoms with Crippen LogP contribution in [0.4, 0.5) is 0 Å². The van der Waals surface area contributed by atoms with Crippen molar-refractivity contribution in [1.82, 2.24) is 13.9 Å².